The molecule has 5 rings (SSSR count). The van der Waals surface area contributed by atoms with Crippen LogP contribution in [0.25, 0.3) is 21.8 Å². The van der Waals surface area contributed by atoms with Gasteiger partial charge in [-0.3, -0.25) is 19.1 Å². The Balaban J connectivity index is 1.47. The molecule has 2 aromatic carbocycles. The van der Waals surface area contributed by atoms with Gasteiger partial charge in [0.15, 0.2) is 0 Å². The molecule has 0 saturated heterocycles. The molecule has 0 bridgehead atoms. The Morgan fingerprint density at radius 2 is 1.94 bits per heavy atom. The van der Waals surface area contributed by atoms with Gasteiger partial charge in [-0.25, -0.2) is 4.98 Å². The Labute approximate surface area is 192 Å². The lowest BCUT2D eigenvalue weighted by atomic mass is 10.1. The minimum absolute atomic E-state index is 0.0540. The second-order valence-corrected chi connectivity index (χ2v) is 8.23. The van der Waals surface area contributed by atoms with Crippen LogP contribution in [-0.2, 0) is 6.42 Å². The summed E-state index contributed by atoms with van der Waals surface area (Å²) in [6.07, 6.45) is 5.30. The van der Waals surface area contributed by atoms with E-state index in [-0.39, 0.29) is 17.9 Å². The summed E-state index contributed by atoms with van der Waals surface area (Å²) in [4.78, 5) is 33.1. The number of nitrogens with two attached hydrogens (primary N) is 1. The molecule has 0 aliphatic heterocycles. The fraction of sp³-hybridized carbons (Fsp3) is 0.0833. The number of fused-ring (bicyclic) bond motifs is 2. The Kier molecular flexibility index (Phi) is 5.23. The van der Waals surface area contributed by atoms with Crippen molar-refractivity contribution in [2.45, 2.75) is 6.42 Å². The number of pyridine rings is 1. The van der Waals surface area contributed by atoms with Gasteiger partial charge in [-0.15, -0.1) is 11.3 Å². The van der Waals surface area contributed by atoms with Crippen molar-refractivity contribution in [2.75, 3.05) is 7.11 Å². The second kappa shape index (κ2) is 8.36. The van der Waals surface area contributed by atoms with Crippen LogP contribution < -0.4 is 15.2 Å². The number of amides is 1. The van der Waals surface area contributed by atoms with Gasteiger partial charge in [0.1, 0.15) is 22.3 Å². The van der Waals surface area contributed by atoms with Crippen molar-refractivity contribution >= 4 is 45.0 Å². The highest BCUT2D eigenvalue weighted by Crippen LogP contribution is 2.34. The minimum atomic E-state index is -0.603. The van der Waals surface area contributed by atoms with Crippen molar-refractivity contribution in [3.8, 4) is 17.2 Å². The number of nitrogens with zero attached hydrogens (tertiary/aromatic N) is 3. The third-order valence-corrected chi connectivity index (χ3v) is 6.01. The van der Waals surface area contributed by atoms with E-state index in [1.54, 1.807) is 47.4 Å². The number of primary amides is 1. The number of aromatic nitrogens is 3. The molecule has 0 saturated carbocycles. The summed E-state index contributed by atoms with van der Waals surface area (Å²) < 4.78 is 13.0. The van der Waals surface area contributed by atoms with Crippen LogP contribution in [0.3, 0.4) is 0 Å². The van der Waals surface area contributed by atoms with Crippen molar-refractivity contribution in [1.29, 1.82) is 0 Å². The van der Waals surface area contributed by atoms with Crippen molar-refractivity contribution in [3.63, 3.8) is 0 Å². The fourth-order valence-electron chi connectivity index (χ4n) is 3.68. The largest absolute Gasteiger partial charge is 0.496 e. The number of rotatable bonds is 6. The minimum Gasteiger partial charge on any atom is -0.496 e. The first-order valence-corrected chi connectivity index (χ1v) is 10.9. The highest BCUT2D eigenvalue weighted by atomic mass is 32.1. The summed E-state index contributed by atoms with van der Waals surface area (Å²) in [6.45, 7) is 0. The normalized spacial score (nSPS) is 11.1. The Hall–Kier alpha value is -4.24. The number of hydrogen-bond donors (Lipinski definition) is 1. The average molecular weight is 458 g/mol. The quantitative estimate of drug-likeness (QED) is 0.403. The van der Waals surface area contributed by atoms with Crippen LogP contribution in [0, 0.1) is 0 Å². The standard InChI is InChI=1S/C24H18N4O4S/c1-31-21-12-18-16(11-17(21)24(25)30)20(4-6-26-18)32-15-2-3-19-14(10-15)5-8-28(19)23(29)13-22-27-7-9-33-22/h2-12H,13H2,1H3,(H2,25,30). The summed E-state index contributed by atoms with van der Waals surface area (Å²) in [5.74, 6) is 0.792. The van der Waals surface area contributed by atoms with Gasteiger partial charge in [-0.1, -0.05) is 0 Å². The lowest BCUT2D eigenvalue weighted by molar-refractivity contribution is 0.0918. The molecule has 0 aliphatic carbocycles. The molecule has 8 nitrogen and oxygen atoms in total. The summed E-state index contributed by atoms with van der Waals surface area (Å²) in [5.41, 5.74) is 7.13. The molecule has 0 aliphatic rings. The maximum absolute atomic E-state index is 12.7. The zero-order valence-corrected chi connectivity index (χ0v) is 18.3. The first kappa shape index (κ1) is 20.7. The van der Waals surface area contributed by atoms with E-state index in [0.717, 1.165) is 15.9 Å². The van der Waals surface area contributed by atoms with Crippen LogP contribution in [-0.4, -0.2) is 33.5 Å². The maximum atomic E-state index is 12.7. The van der Waals surface area contributed by atoms with E-state index >= 15 is 0 Å². The predicted octanol–water partition coefficient (Wildman–Crippen LogP) is 4.43. The van der Waals surface area contributed by atoms with Crippen molar-refractivity contribution in [3.05, 3.63) is 77.0 Å². The van der Waals surface area contributed by atoms with Gasteiger partial charge in [0.2, 0.25) is 5.91 Å². The van der Waals surface area contributed by atoms with Crippen molar-refractivity contribution in [2.24, 2.45) is 5.73 Å². The average Bonchev–Trinajstić information content (AvgIpc) is 3.47. The van der Waals surface area contributed by atoms with E-state index in [2.05, 4.69) is 9.97 Å². The van der Waals surface area contributed by atoms with E-state index < -0.39 is 5.91 Å². The molecule has 164 valence electrons. The highest BCUT2D eigenvalue weighted by Gasteiger charge is 2.15. The lowest BCUT2D eigenvalue weighted by Gasteiger charge is -2.12. The molecule has 0 spiro atoms. The SMILES string of the molecule is COc1cc2nccc(Oc3ccc4c(ccn4C(=O)Cc4nccs4)c3)c2cc1C(N)=O. The number of carbonyl (C=O) groups is 2. The van der Waals surface area contributed by atoms with Crippen molar-refractivity contribution < 1.29 is 19.1 Å². The van der Waals surface area contributed by atoms with E-state index in [4.69, 9.17) is 15.2 Å². The Morgan fingerprint density at radius 3 is 2.70 bits per heavy atom. The number of carbonyl (C=O) groups excluding carboxylic acids is 2. The summed E-state index contributed by atoms with van der Waals surface area (Å²) >= 11 is 1.46. The molecular formula is C24H18N4O4S. The molecule has 2 N–H and O–H groups in total. The molecule has 3 aromatic heterocycles. The highest BCUT2D eigenvalue weighted by molar-refractivity contribution is 7.09. The Morgan fingerprint density at radius 1 is 1.06 bits per heavy atom. The van der Waals surface area contributed by atoms with Gasteiger partial charge in [0.05, 0.1) is 30.1 Å². The van der Waals surface area contributed by atoms with Crippen LogP contribution >= 0.6 is 11.3 Å². The van der Waals surface area contributed by atoms with Gasteiger partial charge in [0, 0.05) is 40.8 Å². The summed E-state index contributed by atoms with van der Waals surface area (Å²) in [6, 6.07) is 12.3. The molecule has 0 radical (unpaired) electrons. The van der Waals surface area contributed by atoms with E-state index in [1.165, 1.54) is 18.4 Å². The molecule has 0 atom stereocenters. The topological polar surface area (TPSA) is 109 Å². The van der Waals surface area contributed by atoms with Crippen LogP contribution in [0.1, 0.15) is 20.2 Å². The van der Waals surface area contributed by atoms with E-state index in [1.807, 2.05) is 23.6 Å². The molecule has 33 heavy (non-hydrogen) atoms. The van der Waals surface area contributed by atoms with E-state index in [0.29, 0.717) is 28.2 Å². The molecular weight excluding hydrogens is 440 g/mol. The zero-order valence-electron chi connectivity index (χ0n) is 17.5. The van der Waals surface area contributed by atoms with Gasteiger partial charge in [-0.05, 0) is 36.4 Å². The molecule has 1 amide bonds. The van der Waals surface area contributed by atoms with Gasteiger partial charge in [-0.2, -0.15) is 0 Å². The zero-order chi connectivity index (χ0) is 22.9. The monoisotopic (exact) mass is 458 g/mol. The first-order valence-electron chi connectivity index (χ1n) is 10.0. The summed E-state index contributed by atoms with van der Waals surface area (Å²) in [7, 11) is 1.47. The molecule has 9 heteroatoms. The van der Waals surface area contributed by atoms with Gasteiger partial charge in [0.25, 0.3) is 5.91 Å². The number of ether oxygens (including phenoxy) is 2. The van der Waals surface area contributed by atoms with Crippen LogP contribution in [0.4, 0.5) is 0 Å². The molecule has 5 aromatic rings. The van der Waals surface area contributed by atoms with Crippen LogP contribution in [0.5, 0.6) is 17.2 Å². The first-order chi connectivity index (χ1) is 16.0. The van der Waals surface area contributed by atoms with Crippen LogP contribution in [0.2, 0.25) is 0 Å². The number of benzene rings is 2. The molecule has 0 fully saturated rings. The third-order valence-electron chi connectivity index (χ3n) is 5.23. The molecule has 0 unspecified atom stereocenters. The lowest BCUT2D eigenvalue weighted by Crippen LogP contribution is -2.12. The van der Waals surface area contributed by atoms with Gasteiger partial charge < -0.3 is 15.2 Å². The summed E-state index contributed by atoms with van der Waals surface area (Å²) in [5, 5.41) is 4.12. The number of methoxy groups -OCH3 is 1. The van der Waals surface area contributed by atoms with Crippen molar-refractivity contribution in [1.82, 2.24) is 14.5 Å². The predicted molar refractivity (Wildman–Crippen MR) is 125 cm³/mol. The van der Waals surface area contributed by atoms with E-state index in [9.17, 15) is 9.59 Å². The third kappa shape index (κ3) is 3.90. The Bertz CT molecular complexity index is 1510. The smallest absolute Gasteiger partial charge is 0.252 e. The fourth-order valence-corrected chi connectivity index (χ4v) is 4.29. The second-order valence-electron chi connectivity index (χ2n) is 7.25. The number of thiazole rings is 1. The number of hydrogen-bond acceptors (Lipinski definition) is 7. The van der Waals surface area contributed by atoms with Crippen LogP contribution in [0.15, 0.2) is 66.4 Å². The maximum Gasteiger partial charge on any atom is 0.252 e. The van der Waals surface area contributed by atoms with Gasteiger partial charge >= 0.3 is 0 Å². The molecule has 3 heterocycles.